The fraction of sp³-hybridized carbons (Fsp3) is 0.0714. The number of aromatic nitrogens is 2. The van der Waals surface area contributed by atoms with Crippen molar-refractivity contribution in [1.29, 1.82) is 0 Å². The first-order chi connectivity index (χ1) is 8.38. The quantitative estimate of drug-likeness (QED) is 0.635. The first-order valence-corrected chi connectivity index (χ1v) is 6.67. The number of imidazole rings is 1. The van der Waals surface area contributed by atoms with Crippen LogP contribution < -0.4 is 0 Å². The van der Waals surface area contributed by atoms with E-state index in [1.54, 1.807) is 11.8 Å². The van der Waals surface area contributed by atoms with E-state index in [1.165, 1.54) is 4.90 Å². The van der Waals surface area contributed by atoms with E-state index in [0.29, 0.717) is 0 Å². The smallest absolute Gasteiger partial charge is 0.144 e. The van der Waals surface area contributed by atoms with Crippen LogP contribution >= 0.6 is 11.8 Å². The van der Waals surface area contributed by atoms with Crippen LogP contribution in [0.2, 0.25) is 0 Å². The minimum atomic E-state index is 0.994. The molecule has 0 saturated carbocycles. The monoisotopic (exact) mass is 240 g/mol. The van der Waals surface area contributed by atoms with E-state index in [9.17, 15) is 0 Å². The van der Waals surface area contributed by atoms with Crippen LogP contribution in [0.1, 0.15) is 0 Å². The lowest BCUT2D eigenvalue weighted by atomic mass is 10.2. The largest absolute Gasteiger partial charge is 0.300 e. The molecule has 0 radical (unpaired) electrons. The molecule has 3 heteroatoms. The fourth-order valence-electron chi connectivity index (χ4n) is 1.90. The highest BCUT2D eigenvalue weighted by atomic mass is 32.2. The van der Waals surface area contributed by atoms with Gasteiger partial charge >= 0.3 is 0 Å². The number of benzene rings is 1. The van der Waals surface area contributed by atoms with Gasteiger partial charge in [0.2, 0.25) is 0 Å². The number of thioether (sulfide) groups is 1. The second-order valence-corrected chi connectivity index (χ2v) is 4.69. The molecule has 0 aliphatic heterocycles. The van der Waals surface area contributed by atoms with Gasteiger partial charge in [0.1, 0.15) is 5.82 Å². The Hall–Kier alpha value is -1.74. The van der Waals surface area contributed by atoms with Crippen LogP contribution in [0.5, 0.6) is 0 Å². The summed E-state index contributed by atoms with van der Waals surface area (Å²) in [7, 11) is 0. The van der Waals surface area contributed by atoms with Crippen molar-refractivity contribution >= 4 is 17.3 Å². The predicted octanol–water partition coefficient (Wildman–Crippen LogP) is 3.72. The molecule has 0 atom stereocenters. The van der Waals surface area contributed by atoms with Crippen molar-refractivity contribution in [2.24, 2.45) is 0 Å². The van der Waals surface area contributed by atoms with Gasteiger partial charge in [-0.3, -0.25) is 4.40 Å². The van der Waals surface area contributed by atoms with Crippen LogP contribution in [0.3, 0.4) is 0 Å². The van der Waals surface area contributed by atoms with Gasteiger partial charge < -0.3 is 0 Å². The van der Waals surface area contributed by atoms with Crippen molar-refractivity contribution in [3.05, 3.63) is 54.9 Å². The van der Waals surface area contributed by atoms with Crippen molar-refractivity contribution in [2.75, 3.05) is 6.26 Å². The predicted molar refractivity (Wildman–Crippen MR) is 72.4 cm³/mol. The highest BCUT2D eigenvalue weighted by molar-refractivity contribution is 7.98. The molecule has 0 spiro atoms. The van der Waals surface area contributed by atoms with Gasteiger partial charge in [0.05, 0.1) is 11.7 Å². The molecule has 0 unspecified atom stereocenters. The van der Waals surface area contributed by atoms with Gasteiger partial charge in [0.15, 0.2) is 0 Å². The average molecular weight is 240 g/mol. The second-order valence-electron chi connectivity index (χ2n) is 3.81. The van der Waals surface area contributed by atoms with E-state index < -0.39 is 0 Å². The third kappa shape index (κ3) is 1.83. The van der Waals surface area contributed by atoms with E-state index in [1.807, 2.05) is 24.5 Å². The van der Waals surface area contributed by atoms with Gasteiger partial charge in [-0.25, -0.2) is 4.98 Å². The van der Waals surface area contributed by atoms with Gasteiger partial charge in [-0.2, -0.15) is 0 Å². The lowest BCUT2D eigenvalue weighted by molar-refractivity contribution is 1.16. The number of hydrogen-bond acceptors (Lipinski definition) is 2. The van der Waals surface area contributed by atoms with Gasteiger partial charge in [-0.05, 0) is 30.5 Å². The van der Waals surface area contributed by atoms with Gasteiger partial charge in [0.25, 0.3) is 0 Å². The van der Waals surface area contributed by atoms with Crippen LogP contribution in [0.25, 0.3) is 16.9 Å². The Morgan fingerprint density at radius 3 is 2.65 bits per heavy atom. The highest BCUT2D eigenvalue weighted by Crippen LogP contribution is 2.22. The summed E-state index contributed by atoms with van der Waals surface area (Å²) >= 11 is 1.75. The molecule has 84 valence electrons. The molecule has 0 fully saturated rings. The minimum absolute atomic E-state index is 0.994. The number of pyridine rings is 1. The summed E-state index contributed by atoms with van der Waals surface area (Å²) < 4.78 is 2.11. The summed E-state index contributed by atoms with van der Waals surface area (Å²) in [6, 6.07) is 14.6. The Balaban J connectivity index is 2.13. The molecule has 2 nitrogen and oxygen atoms in total. The van der Waals surface area contributed by atoms with Crippen LogP contribution in [-0.4, -0.2) is 15.6 Å². The molecule has 2 heterocycles. The average Bonchev–Trinajstić information content (AvgIpc) is 2.83. The van der Waals surface area contributed by atoms with E-state index in [4.69, 9.17) is 0 Å². The molecule has 3 rings (SSSR count). The number of rotatable bonds is 2. The number of fused-ring (bicyclic) bond motifs is 1. The number of hydrogen-bond donors (Lipinski definition) is 0. The molecule has 0 amide bonds. The lowest BCUT2D eigenvalue weighted by Crippen LogP contribution is -1.88. The summed E-state index contributed by atoms with van der Waals surface area (Å²) in [6.45, 7) is 0. The van der Waals surface area contributed by atoms with E-state index in [-0.39, 0.29) is 0 Å². The van der Waals surface area contributed by atoms with E-state index >= 15 is 0 Å². The van der Waals surface area contributed by atoms with Crippen molar-refractivity contribution in [3.8, 4) is 11.4 Å². The van der Waals surface area contributed by atoms with Crippen LogP contribution in [0.4, 0.5) is 0 Å². The maximum atomic E-state index is 4.48. The maximum Gasteiger partial charge on any atom is 0.144 e. The van der Waals surface area contributed by atoms with E-state index in [2.05, 4.69) is 46.0 Å². The summed E-state index contributed by atoms with van der Waals surface area (Å²) in [6.07, 6.45) is 6.03. The Morgan fingerprint density at radius 1 is 1.06 bits per heavy atom. The molecule has 2 aromatic heterocycles. The summed E-state index contributed by atoms with van der Waals surface area (Å²) in [5.74, 6) is 0.994. The maximum absolute atomic E-state index is 4.48. The molecule has 0 aliphatic carbocycles. The highest BCUT2D eigenvalue weighted by Gasteiger charge is 2.04. The lowest BCUT2D eigenvalue weighted by Gasteiger charge is -2.02. The first kappa shape index (κ1) is 10.4. The molecule has 17 heavy (non-hydrogen) atoms. The van der Waals surface area contributed by atoms with Crippen LogP contribution in [0.15, 0.2) is 59.8 Å². The first-order valence-electron chi connectivity index (χ1n) is 5.45. The Morgan fingerprint density at radius 2 is 1.88 bits per heavy atom. The minimum Gasteiger partial charge on any atom is -0.300 e. The molecule has 0 saturated heterocycles. The van der Waals surface area contributed by atoms with Crippen molar-refractivity contribution in [1.82, 2.24) is 9.38 Å². The normalized spacial score (nSPS) is 10.9. The molecule has 1 aromatic carbocycles. The zero-order valence-electron chi connectivity index (χ0n) is 9.50. The topological polar surface area (TPSA) is 17.3 Å². The standard InChI is InChI=1S/C14H12N2S/c1-17-13-7-5-11(6-8-13)14-15-10-12-4-2-3-9-16(12)14/h2-10H,1H3. The summed E-state index contributed by atoms with van der Waals surface area (Å²) in [5.41, 5.74) is 2.27. The molecular weight excluding hydrogens is 228 g/mol. The summed E-state index contributed by atoms with van der Waals surface area (Å²) in [5, 5.41) is 0. The zero-order chi connectivity index (χ0) is 11.7. The number of nitrogens with zero attached hydrogens (tertiary/aromatic N) is 2. The zero-order valence-corrected chi connectivity index (χ0v) is 10.3. The van der Waals surface area contributed by atoms with Gasteiger partial charge in [-0.1, -0.05) is 18.2 Å². The third-order valence-corrected chi connectivity index (χ3v) is 3.53. The Kier molecular flexibility index (Phi) is 2.61. The van der Waals surface area contributed by atoms with Crippen LogP contribution in [0, 0.1) is 0 Å². The van der Waals surface area contributed by atoms with Gasteiger partial charge in [-0.15, -0.1) is 11.8 Å². The fourth-order valence-corrected chi connectivity index (χ4v) is 2.31. The Bertz CT molecular complexity index is 641. The Labute approximate surface area is 104 Å². The SMILES string of the molecule is CSc1ccc(-c2ncc3ccccn23)cc1. The molecule has 0 bridgehead atoms. The summed E-state index contributed by atoms with van der Waals surface area (Å²) in [4.78, 5) is 5.75. The van der Waals surface area contributed by atoms with Crippen molar-refractivity contribution < 1.29 is 0 Å². The molecule has 0 aliphatic rings. The molecule has 0 N–H and O–H groups in total. The van der Waals surface area contributed by atoms with Crippen molar-refractivity contribution in [3.63, 3.8) is 0 Å². The third-order valence-electron chi connectivity index (χ3n) is 2.79. The second kappa shape index (κ2) is 4.26. The van der Waals surface area contributed by atoms with Gasteiger partial charge in [0, 0.05) is 16.7 Å². The van der Waals surface area contributed by atoms with Crippen LogP contribution in [-0.2, 0) is 0 Å². The van der Waals surface area contributed by atoms with E-state index in [0.717, 1.165) is 16.9 Å². The van der Waals surface area contributed by atoms with Crippen molar-refractivity contribution in [2.45, 2.75) is 4.90 Å². The molecular formula is C14H12N2S. The molecule has 3 aromatic rings.